The Balaban J connectivity index is 1.96. The van der Waals surface area contributed by atoms with Crippen LogP contribution in [0.15, 0.2) is 51.2 Å². The molecule has 0 unspecified atom stereocenters. The molecule has 0 spiro atoms. The average Bonchev–Trinajstić information content (AvgIpc) is 2.93. The summed E-state index contributed by atoms with van der Waals surface area (Å²) < 4.78 is 2.52. The van der Waals surface area contributed by atoms with Crippen LogP contribution in [0.25, 0.3) is 5.69 Å². The fourth-order valence-electron chi connectivity index (χ4n) is 1.67. The van der Waals surface area contributed by atoms with Crippen molar-refractivity contribution >= 4 is 27.7 Å². The third-order valence-electron chi connectivity index (χ3n) is 2.77. The Hall–Kier alpha value is -1.93. The van der Waals surface area contributed by atoms with Crippen LogP contribution >= 0.6 is 27.7 Å². The number of hydrogen-bond donors (Lipinski definition) is 1. The largest absolute Gasteiger partial charge is 0.508 e. The van der Waals surface area contributed by atoms with E-state index in [1.54, 1.807) is 35.1 Å². The first-order valence-corrected chi connectivity index (χ1v) is 7.63. The van der Waals surface area contributed by atoms with Crippen molar-refractivity contribution in [1.82, 2.24) is 25.2 Å². The quantitative estimate of drug-likeness (QED) is 0.770. The number of tetrazole rings is 1. The minimum atomic E-state index is 0.198. The van der Waals surface area contributed by atoms with Crippen molar-refractivity contribution in [1.29, 1.82) is 0 Å². The van der Waals surface area contributed by atoms with E-state index in [9.17, 15) is 5.11 Å². The zero-order chi connectivity index (χ0) is 14.8. The first kappa shape index (κ1) is 14.0. The molecule has 0 aliphatic heterocycles. The third-order valence-corrected chi connectivity index (χ3v) is 4.98. The highest BCUT2D eigenvalue weighted by Gasteiger charge is 2.13. The minimum Gasteiger partial charge on any atom is -0.508 e. The molecule has 3 rings (SSSR count). The number of rotatable bonds is 3. The van der Waals surface area contributed by atoms with Gasteiger partial charge in [-0.2, -0.15) is 4.68 Å². The molecule has 21 heavy (non-hydrogen) atoms. The molecule has 2 aromatic heterocycles. The molecule has 0 atom stereocenters. The van der Waals surface area contributed by atoms with Crippen molar-refractivity contribution in [2.24, 2.45) is 0 Å². The van der Waals surface area contributed by atoms with Gasteiger partial charge in [0.1, 0.15) is 10.8 Å². The lowest BCUT2D eigenvalue weighted by Crippen LogP contribution is -1.99. The molecule has 0 saturated carbocycles. The standard InChI is InChI=1S/C13H10BrN5OS/c1-8-6-7-15-12(11(8)14)21-13-16-17-18-19(13)9-2-4-10(20)5-3-9/h2-7,20H,1H3. The van der Waals surface area contributed by atoms with Crippen LogP contribution in [0.1, 0.15) is 5.56 Å². The fourth-order valence-corrected chi connectivity index (χ4v) is 2.99. The van der Waals surface area contributed by atoms with Crippen LogP contribution in [0.3, 0.4) is 0 Å². The van der Waals surface area contributed by atoms with Crippen LogP contribution in [0.5, 0.6) is 5.75 Å². The molecule has 1 N–H and O–H groups in total. The maximum atomic E-state index is 9.34. The molecule has 0 fully saturated rings. The summed E-state index contributed by atoms with van der Waals surface area (Å²) in [4.78, 5) is 4.33. The molecule has 0 amide bonds. The summed E-state index contributed by atoms with van der Waals surface area (Å²) in [5.41, 5.74) is 1.86. The second kappa shape index (κ2) is 5.82. The first-order valence-electron chi connectivity index (χ1n) is 6.02. The molecule has 8 heteroatoms. The van der Waals surface area contributed by atoms with Gasteiger partial charge in [0.25, 0.3) is 0 Å². The van der Waals surface area contributed by atoms with Gasteiger partial charge in [0.05, 0.1) is 10.2 Å². The number of benzene rings is 1. The zero-order valence-electron chi connectivity index (χ0n) is 10.9. The molecule has 0 bridgehead atoms. The van der Waals surface area contributed by atoms with E-state index in [2.05, 4.69) is 36.4 Å². The summed E-state index contributed by atoms with van der Waals surface area (Å²) in [6.45, 7) is 2.00. The van der Waals surface area contributed by atoms with Gasteiger partial charge in [-0.3, -0.25) is 0 Å². The maximum absolute atomic E-state index is 9.34. The van der Waals surface area contributed by atoms with Crippen molar-refractivity contribution < 1.29 is 5.11 Å². The van der Waals surface area contributed by atoms with E-state index >= 15 is 0 Å². The molecule has 106 valence electrons. The summed E-state index contributed by atoms with van der Waals surface area (Å²) in [6.07, 6.45) is 1.75. The van der Waals surface area contributed by atoms with Crippen LogP contribution in [-0.4, -0.2) is 30.3 Å². The van der Waals surface area contributed by atoms with Gasteiger partial charge in [-0.25, -0.2) is 4.98 Å². The average molecular weight is 364 g/mol. The Morgan fingerprint density at radius 2 is 1.95 bits per heavy atom. The van der Waals surface area contributed by atoms with Crippen molar-refractivity contribution in [3.63, 3.8) is 0 Å². The molecular weight excluding hydrogens is 354 g/mol. The van der Waals surface area contributed by atoms with E-state index in [1.807, 2.05) is 13.0 Å². The van der Waals surface area contributed by atoms with Crippen molar-refractivity contribution in [2.75, 3.05) is 0 Å². The van der Waals surface area contributed by atoms with Gasteiger partial charge in [-0.15, -0.1) is 5.10 Å². The summed E-state index contributed by atoms with van der Waals surface area (Å²) in [7, 11) is 0. The molecule has 0 radical (unpaired) electrons. The lowest BCUT2D eigenvalue weighted by Gasteiger charge is -2.06. The van der Waals surface area contributed by atoms with E-state index in [0.29, 0.717) is 5.16 Å². The number of phenols is 1. The van der Waals surface area contributed by atoms with Gasteiger partial charge in [-0.1, -0.05) is 0 Å². The normalized spacial score (nSPS) is 10.8. The predicted molar refractivity (Wildman–Crippen MR) is 81.6 cm³/mol. The summed E-state index contributed by atoms with van der Waals surface area (Å²) in [5, 5.41) is 22.4. The van der Waals surface area contributed by atoms with Gasteiger partial charge >= 0.3 is 0 Å². The number of aromatic nitrogens is 5. The molecular formula is C13H10BrN5OS. The number of pyridine rings is 1. The third kappa shape index (κ3) is 2.91. The summed E-state index contributed by atoms with van der Waals surface area (Å²) >= 11 is 4.89. The highest BCUT2D eigenvalue weighted by Crippen LogP contribution is 2.32. The molecule has 3 aromatic rings. The van der Waals surface area contributed by atoms with Crippen molar-refractivity contribution in [3.05, 3.63) is 46.6 Å². The van der Waals surface area contributed by atoms with Crippen LogP contribution in [0, 0.1) is 6.92 Å². The highest BCUT2D eigenvalue weighted by molar-refractivity contribution is 9.10. The van der Waals surface area contributed by atoms with Crippen LogP contribution in [0.4, 0.5) is 0 Å². The number of aromatic hydroxyl groups is 1. The van der Waals surface area contributed by atoms with Crippen LogP contribution in [-0.2, 0) is 0 Å². The van der Waals surface area contributed by atoms with E-state index in [-0.39, 0.29) is 5.75 Å². The lowest BCUT2D eigenvalue weighted by molar-refractivity contribution is 0.475. The Kier molecular flexibility index (Phi) is 3.89. The van der Waals surface area contributed by atoms with E-state index < -0.39 is 0 Å². The van der Waals surface area contributed by atoms with Gasteiger partial charge in [0.15, 0.2) is 0 Å². The van der Waals surface area contributed by atoms with E-state index in [4.69, 9.17) is 0 Å². The number of hydrogen-bond acceptors (Lipinski definition) is 6. The van der Waals surface area contributed by atoms with Crippen molar-refractivity contribution in [2.45, 2.75) is 17.1 Å². The molecule has 0 aliphatic carbocycles. The number of nitrogens with zero attached hydrogens (tertiary/aromatic N) is 5. The van der Waals surface area contributed by atoms with E-state index in [1.165, 1.54) is 11.8 Å². The Morgan fingerprint density at radius 1 is 1.19 bits per heavy atom. The van der Waals surface area contributed by atoms with Gasteiger partial charge < -0.3 is 5.11 Å². The summed E-state index contributed by atoms with van der Waals surface area (Å²) in [5.74, 6) is 0.198. The summed E-state index contributed by atoms with van der Waals surface area (Å²) in [6, 6.07) is 8.60. The minimum absolute atomic E-state index is 0.198. The Labute approximate surface area is 133 Å². The Bertz CT molecular complexity index is 774. The molecule has 6 nitrogen and oxygen atoms in total. The molecule has 0 saturated heterocycles. The first-order chi connectivity index (χ1) is 10.1. The number of phenolic OH excluding ortho intramolecular Hbond substituents is 1. The monoisotopic (exact) mass is 363 g/mol. The highest BCUT2D eigenvalue weighted by atomic mass is 79.9. The maximum Gasteiger partial charge on any atom is 0.220 e. The van der Waals surface area contributed by atoms with Gasteiger partial charge in [0, 0.05) is 6.20 Å². The molecule has 2 heterocycles. The molecule has 1 aromatic carbocycles. The van der Waals surface area contributed by atoms with E-state index in [0.717, 1.165) is 20.7 Å². The number of halogens is 1. The second-order valence-corrected chi connectivity index (χ2v) is 5.99. The lowest BCUT2D eigenvalue weighted by atomic mass is 10.3. The second-order valence-electron chi connectivity index (χ2n) is 4.24. The predicted octanol–water partition coefficient (Wildman–Crippen LogP) is 2.99. The fraction of sp³-hybridized carbons (Fsp3) is 0.0769. The van der Waals surface area contributed by atoms with Crippen LogP contribution < -0.4 is 0 Å². The topological polar surface area (TPSA) is 76.7 Å². The number of aryl methyl sites for hydroxylation is 1. The van der Waals surface area contributed by atoms with Crippen LogP contribution in [0.2, 0.25) is 0 Å². The molecule has 0 aliphatic rings. The Morgan fingerprint density at radius 3 is 2.71 bits per heavy atom. The van der Waals surface area contributed by atoms with Crippen molar-refractivity contribution in [3.8, 4) is 11.4 Å². The zero-order valence-corrected chi connectivity index (χ0v) is 13.3. The van der Waals surface area contributed by atoms with Gasteiger partial charge in [0.2, 0.25) is 5.16 Å². The SMILES string of the molecule is Cc1ccnc(Sc2nnnn2-c2ccc(O)cc2)c1Br. The smallest absolute Gasteiger partial charge is 0.220 e. The van der Waals surface area contributed by atoms with Gasteiger partial charge in [-0.05, 0) is 80.9 Å².